The van der Waals surface area contributed by atoms with Gasteiger partial charge >= 0.3 is 6.36 Å². The van der Waals surface area contributed by atoms with Gasteiger partial charge < -0.3 is 9.47 Å². The van der Waals surface area contributed by atoms with Crippen molar-refractivity contribution in [2.24, 2.45) is 0 Å². The topological polar surface area (TPSA) is 72.0 Å². The van der Waals surface area contributed by atoms with Gasteiger partial charge in [0.05, 0.1) is 23.4 Å². The highest BCUT2D eigenvalue weighted by Gasteiger charge is 2.31. The highest BCUT2D eigenvalue weighted by atomic mass is 32.1. The van der Waals surface area contributed by atoms with Crippen molar-refractivity contribution in [3.8, 4) is 5.75 Å². The summed E-state index contributed by atoms with van der Waals surface area (Å²) in [4.78, 5) is 33.2. The van der Waals surface area contributed by atoms with E-state index in [1.54, 1.807) is 24.3 Å². The van der Waals surface area contributed by atoms with Gasteiger partial charge in [0, 0.05) is 43.4 Å². The minimum absolute atomic E-state index is 0.105. The van der Waals surface area contributed by atoms with E-state index >= 15 is 0 Å². The van der Waals surface area contributed by atoms with Gasteiger partial charge in [-0.3, -0.25) is 19.4 Å². The Balaban J connectivity index is 1.62. The summed E-state index contributed by atoms with van der Waals surface area (Å²) < 4.78 is 47.6. The Kier molecular flexibility index (Phi) is 7.15. The lowest BCUT2D eigenvalue weighted by atomic mass is 10.1. The molecule has 1 fully saturated rings. The first-order chi connectivity index (χ1) is 16.2. The number of hydrogen-bond acceptors (Lipinski definition) is 7. The second-order valence-corrected chi connectivity index (χ2v) is 8.73. The number of fused-ring (bicyclic) bond motifs is 1. The van der Waals surface area contributed by atoms with E-state index in [4.69, 9.17) is 4.74 Å². The van der Waals surface area contributed by atoms with Gasteiger partial charge in [-0.25, -0.2) is 4.98 Å². The summed E-state index contributed by atoms with van der Waals surface area (Å²) in [5.41, 5.74) is 1.34. The van der Waals surface area contributed by atoms with E-state index < -0.39 is 6.36 Å². The number of Topliss-reactive ketones (excluding diaryl/α,β-unsaturated/α-hetero) is 1. The summed E-state index contributed by atoms with van der Waals surface area (Å²) in [6, 6.07) is 10.2. The van der Waals surface area contributed by atoms with Crippen molar-refractivity contribution in [2.75, 3.05) is 44.3 Å². The molecular formula is C23H22F3N3O4S. The van der Waals surface area contributed by atoms with Crippen molar-refractivity contribution in [3.05, 3.63) is 53.6 Å². The molecule has 180 valence electrons. The van der Waals surface area contributed by atoms with E-state index in [0.29, 0.717) is 52.8 Å². The Morgan fingerprint density at radius 2 is 1.79 bits per heavy atom. The number of thiazole rings is 1. The Morgan fingerprint density at radius 1 is 1.12 bits per heavy atom. The maximum Gasteiger partial charge on any atom is 0.573 e. The van der Waals surface area contributed by atoms with Gasteiger partial charge in [-0.05, 0) is 31.2 Å². The maximum atomic E-state index is 13.4. The van der Waals surface area contributed by atoms with Crippen LogP contribution in [0.2, 0.25) is 0 Å². The fraction of sp³-hybridized carbons (Fsp3) is 0.348. The maximum absolute atomic E-state index is 13.4. The molecule has 0 saturated carbocycles. The largest absolute Gasteiger partial charge is 0.573 e. The second-order valence-electron chi connectivity index (χ2n) is 7.72. The fourth-order valence-corrected chi connectivity index (χ4v) is 4.58. The monoisotopic (exact) mass is 493 g/mol. The van der Waals surface area contributed by atoms with Crippen LogP contribution in [0.15, 0.2) is 42.5 Å². The lowest BCUT2D eigenvalue weighted by molar-refractivity contribution is -0.274. The molecule has 0 spiro atoms. The molecule has 0 bridgehead atoms. The first-order valence-corrected chi connectivity index (χ1v) is 11.4. The lowest BCUT2D eigenvalue weighted by Gasteiger charge is -2.29. The molecule has 0 aliphatic carbocycles. The number of morpholine rings is 1. The molecular weight excluding hydrogens is 471 g/mol. The van der Waals surface area contributed by atoms with Crippen LogP contribution < -0.4 is 9.64 Å². The molecule has 2 aromatic carbocycles. The Hall–Kier alpha value is -3.02. The molecule has 7 nitrogen and oxygen atoms in total. The second kappa shape index (κ2) is 10.1. The third-order valence-corrected chi connectivity index (χ3v) is 6.38. The zero-order chi connectivity index (χ0) is 24.3. The van der Waals surface area contributed by atoms with Crippen molar-refractivity contribution in [1.29, 1.82) is 0 Å². The summed E-state index contributed by atoms with van der Waals surface area (Å²) in [7, 11) is 0. The molecule has 0 radical (unpaired) electrons. The molecule has 1 aliphatic rings. The average molecular weight is 494 g/mol. The van der Waals surface area contributed by atoms with Crippen LogP contribution in [-0.4, -0.2) is 67.3 Å². The van der Waals surface area contributed by atoms with Crippen LogP contribution in [0.3, 0.4) is 0 Å². The number of amides is 1. The van der Waals surface area contributed by atoms with Gasteiger partial charge in [0.25, 0.3) is 5.91 Å². The summed E-state index contributed by atoms with van der Waals surface area (Å²) in [6.07, 6.45) is -4.80. The summed E-state index contributed by atoms with van der Waals surface area (Å²) in [6.45, 7) is 5.08. The number of ether oxygens (including phenoxy) is 2. The van der Waals surface area contributed by atoms with Crippen molar-refractivity contribution >= 4 is 38.4 Å². The predicted octanol–water partition coefficient (Wildman–Crippen LogP) is 4.38. The molecule has 0 atom stereocenters. The van der Waals surface area contributed by atoms with Crippen LogP contribution in [-0.2, 0) is 4.74 Å². The molecule has 34 heavy (non-hydrogen) atoms. The van der Waals surface area contributed by atoms with Crippen molar-refractivity contribution in [1.82, 2.24) is 9.88 Å². The number of halogens is 3. The van der Waals surface area contributed by atoms with E-state index in [1.165, 1.54) is 30.0 Å². The molecule has 1 amide bonds. The summed E-state index contributed by atoms with van der Waals surface area (Å²) >= 11 is 1.11. The minimum atomic E-state index is -4.80. The third kappa shape index (κ3) is 5.91. The number of carbonyl (C=O) groups excluding carboxylic acids is 2. The molecule has 1 aromatic heterocycles. The molecule has 11 heteroatoms. The van der Waals surface area contributed by atoms with Crippen LogP contribution in [0.5, 0.6) is 5.75 Å². The Labute approximate surface area is 197 Å². The normalized spacial score (nSPS) is 14.8. The molecule has 0 N–H and O–H groups in total. The summed E-state index contributed by atoms with van der Waals surface area (Å²) in [5, 5.41) is 0.369. The zero-order valence-corrected chi connectivity index (χ0v) is 19.1. The van der Waals surface area contributed by atoms with Crippen LogP contribution in [0.25, 0.3) is 10.2 Å². The molecule has 4 rings (SSSR count). The van der Waals surface area contributed by atoms with Gasteiger partial charge in [0.1, 0.15) is 5.75 Å². The summed E-state index contributed by atoms with van der Waals surface area (Å²) in [5.74, 6) is -0.762. The smallest absolute Gasteiger partial charge is 0.406 e. The van der Waals surface area contributed by atoms with Gasteiger partial charge in [0.2, 0.25) is 0 Å². The quantitative estimate of drug-likeness (QED) is 0.455. The van der Waals surface area contributed by atoms with Gasteiger partial charge in [-0.15, -0.1) is 13.2 Å². The van der Waals surface area contributed by atoms with Crippen molar-refractivity contribution in [3.63, 3.8) is 0 Å². The molecule has 3 aromatic rings. The number of aromatic nitrogens is 1. The predicted molar refractivity (Wildman–Crippen MR) is 122 cm³/mol. The van der Waals surface area contributed by atoms with Gasteiger partial charge in [-0.1, -0.05) is 23.5 Å². The van der Waals surface area contributed by atoms with Crippen LogP contribution in [0, 0.1) is 0 Å². The van der Waals surface area contributed by atoms with Crippen LogP contribution in [0.4, 0.5) is 18.3 Å². The number of alkyl halides is 3. The van der Waals surface area contributed by atoms with E-state index in [0.717, 1.165) is 24.4 Å². The van der Waals surface area contributed by atoms with Crippen molar-refractivity contribution < 1.29 is 32.2 Å². The lowest BCUT2D eigenvalue weighted by Crippen LogP contribution is -2.43. The number of ketones is 1. The number of carbonyl (C=O) groups is 2. The van der Waals surface area contributed by atoms with E-state index in [1.807, 2.05) is 0 Å². The van der Waals surface area contributed by atoms with Gasteiger partial charge in [0.15, 0.2) is 10.9 Å². The molecule has 2 heterocycles. The van der Waals surface area contributed by atoms with E-state index in [-0.39, 0.29) is 17.4 Å². The van der Waals surface area contributed by atoms with Crippen LogP contribution >= 0.6 is 11.3 Å². The van der Waals surface area contributed by atoms with Gasteiger partial charge in [-0.2, -0.15) is 0 Å². The van der Waals surface area contributed by atoms with E-state index in [2.05, 4.69) is 14.6 Å². The average Bonchev–Trinajstić information content (AvgIpc) is 3.21. The first kappa shape index (κ1) is 24.1. The highest BCUT2D eigenvalue weighted by Crippen LogP contribution is 2.34. The number of hydrogen-bond donors (Lipinski definition) is 0. The number of rotatable bonds is 7. The number of anilines is 1. The van der Waals surface area contributed by atoms with Crippen molar-refractivity contribution in [2.45, 2.75) is 13.3 Å². The minimum Gasteiger partial charge on any atom is -0.406 e. The Morgan fingerprint density at radius 3 is 2.44 bits per heavy atom. The molecule has 0 unspecified atom stereocenters. The molecule has 1 saturated heterocycles. The first-order valence-electron chi connectivity index (χ1n) is 10.6. The highest BCUT2D eigenvalue weighted by molar-refractivity contribution is 7.22. The third-order valence-electron chi connectivity index (χ3n) is 5.34. The van der Waals surface area contributed by atoms with Crippen LogP contribution in [0.1, 0.15) is 27.6 Å². The molecule has 1 aliphatic heterocycles. The Bertz CT molecular complexity index is 1170. The zero-order valence-electron chi connectivity index (χ0n) is 18.3. The standard InChI is InChI=1S/C23H22F3N3O4S/c1-15(30)16-2-4-17(5-3-16)21(31)29(9-8-28-10-12-32-13-11-28)22-27-19-7-6-18(14-20(19)34-22)33-23(24,25)26/h2-7,14H,8-13H2,1H3. The number of nitrogens with zero attached hydrogens (tertiary/aromatic N) is 3. The SMILES string of the molecule is CC(=O)c1ccc(C(=O)N(CCN2CCOCC2)c2nc3ccc(OC(F)(F)F)cc3s2)cc1. The number of benzene rings is 2. The fourth-order valence-electron chi connectivity index (χ4n) is 3.56. The van der Waals surface area contributed by atoms with E-state index in [9.17, 15) is 22.8 Å².